The Morgan fingerprint density at radius 3 is 0.686 bits per heavy atom. The summed E-state index contributed by atoms with van der Waals surface area (Å²) in [4.78, 5) is 51.5. The Morgan fingerprint density at radius 2 is 0.453 bits per heavy atom. The van der Waals surface area contributed by atoms with Crippen LogP contribution >= 0.6 is 118 Å². The van der Waals surface area contributed by atoms with Gasteiger partial charge in [0.2, 0.25) is 26.4 Å². The van der Waals surface area contributed by atoms with Crippen molar-refractivity contribution in [2.24, 2.45) is 0 Å². The van der Waals surface area contributed by atoms with Gasteiger partial charge in [0.1, 0.15) is 23.0 Å². The van der Waals surface area contributed by atoms with Gasteiger partial charge in [-0.2, -0.15) is 34.9 Å². The molecular weight excluding hydrogens is 1970 g/mol. The van der Waals surface area contributed by atoms with Crippen LogP contribution < -0.4 is 0 Å². The molecule has 0 spiro atoms. The summed E-state index contributed by atoms with van der Waals surface area (Å²) in [6, 6.07) is 68.5. The van der Waals surface area contributed by atoms with Crippen molar-refractivity contribution >= 4 is 141 Å². The van der Waals surface area contributed by atoms with Crippen molar-refractivity contribution in [3.63, 3.8) is 0 Å². The molecule has 0 fully saturated rings. The number of hydrogen-bond acceptors (Lipinski definition) is 16. The van der Waals surface area contributed by atoms with Gasteiger partial charge in [0.25, 0.3) is 0 Å². The van der Waals surface area contributed by atoms with E-state index in [0.717, 1.165) is 89.5 Å². The van der Waals surface area contributed by atoms with Crippen LogP contribution in [0.2, 0.25) is 26.4 Å². The molecule has 734 valence electrons. The van der Waals surface area contributed by atoms with Crippen molar-refractivity contribution in [1.29, 1.82) is 0 Å². The number of aryl methyl sites for hydroxylation is 2. The van der Waals surface area contributed by atoms with Crippen LogP contribution in [0.5, 0.6) is 23.0 Å². The van der Waals surface area contributed by atoms with Crippen molar-refractivity contribution < 1.29 is 20.4 Å². The number of aromatic nitrogens is 12. The van der Waals surface area contributed by atoms with Gasteiger partial charge >= 0.3 is 22.8 Å². The average Bonchev–Trinajstić information content (AvgIpc) is 0.778. The fourth-order valence-corrected chi connectivity index (χ4v) is 14.1. The highest BCUT2D eigenvalue weighted by atomic mass is 35.8. The smallest absolute Gasteiger partial charge is 0.508 e. The second-order valence-corrected chi connectivity index (χ2v) is 54.0. The summed E-state index contributed by atoms with van der Waals surface area (Å²) in [5, 5.41) is 40.4. The monoisotopic (exact) mass is 2100 g/mol. The third-order valence-corrected chi connectivity index (χ3v) is 22.1. The third kappa shape index (κ3) is 42.7. The van der Waals surface area contributed by atoms with E-state index in [1.54, 1.807) is 12.1 Å². The zero-order valence-corrected chi connectivity index (χ0v) is 92.3. The van der Waals surface area contributed by atoms with Crippen molar-refractivity contribution in [3.05, 3.63) is 283 Å². The third-order valence-electron chi connectivity index (χ3n) is 21.2. The quantitative estimate of drug-likeness (QED) is 0.0490. The van der Waals surface area contributed by atoms with E-state index in [9.17, 15) is 15.3 Å². The summed E-state index contributed by atoms with van der Waals surface area (Å²) in [5.74, 6) is 4.20. The molecule has 0 unspecified atom stereocenters. The number of rotatable bonds is 17. The van der Waals surface area contributed by atoms with Crippen molar-refractivity contribution in [3.8, 4) is 103 Å². The molecule has 0 amide bonds. The first-order valence-corrected chi connectivity index (χ1v) is 57.2. The molecule has 0 aliphatic rings. The van der Waals surface area contributed by atoms with Crippen LogP contribution in [0, 0.1) is 0 Å². The van der Waals surface area contributed by atoms with Crippen LogP contribution in [0.3, 0.4) is 0 Å². The minimum atomic E-state index is -1.72. The predicted molar refractivity (Wildman–Crippen MR) is 589 cm³/mol. The summed E-state index contributed by atoms with van der Waals surface area (Å²) in [5.41, 5.74) is 17.4. The summed E-state index contributed by atoms with van der Waals surface area (Å²) in [6.07, 6.45) is 10.8. The lowest BCUT2D eigenvalue weighted by Gasteiger charge is -2.19. The first-order chi connectivity index (χ1) is 62.9. The number of aromatic hydroxyl groups is 4. The molecule has 4 heterocycles. The Balaban J connectivity index is 0.000000358. The molecule has 137 heavy (non-hydrogen) atoms. The van der Waals surface area contributed by atoms with Gasteiger partial charge in [0, 0.05) is 45.5 Å². The molecule has 29 heteroatoms. The van der Waals surface area contributed by atoms with E-state index < -0.39 is 22.8 Å². The molecule has 16 nitrogen and oxygen atoms in total. The molecule has 4 aromatic heterocycles. The van der Waals surface area contributed by atoms with Crippen LogP contribution in [0.25, 0.3) is 79.7 Å². The second-order valence-electron chi connectivity index (χ2n) is 39.5. The normalized spacial score (nSPS) is 11.3. The molecule has 0 saturated heterocycles. The zero-order valence-electron chi connectivity index (χ0n) is 81.7. The Bertz CT molecular complexity index is 5380. The SMILES string of the molecule is C.C.CC(C)(C)c1ccc(-c2nc(Cl)nc(-c3ccc(C(C)(C)C)cc3)n2)cc1.CC(C)(C)c1ccc(-c2nc(Cl)nc(-c3ccc(C(C)(C)C)cc3)n2)cc1.CC(C)(C)c1ccccc1.CCCCCCc1cc(-c2nc(-c3ccc(C(C)(C)C)cc3)nc(-c3ccc(C(C)(C)C)cc3)n2)c(O)cc1O.CCCCCCc1ccc(O)cc1O.Clc1nc(Cl)nc(Cl)n1.[Cl][Al]([Cl])[Cl].[Cl][Al]([Cl])[Cl]. The molecule has 13 aromatic rings. The minimum absolute atomic E-state index is 0. The number of unbranched alkanes of at least 4 members (excludes halogenated alkanes) is 6. The Hall–Kier alpha value is -7.53. The summed E-state index contributed by atoms with van der Waals surface area (Å²) in [6.45, 7) is 50.5. The van der Waals surface area contributed by atoms with Crippen molar-refractivity contribution in [2.45, 2.75) is 276 Å². The summed E-state index contributed by atoms with van der Waals surface area (Å²) < 4.78 is 0. The van der Waals surface area contributed by atoms with Crippen LogP contribution in [0.15, 0.2) is 206 Å². The molecule has 13 rings (SSSR count). The number of benzene rings is 9. The molecule has 0 aliphatic heterocycles. The number of nitrogens with zero attached hydrogens (tertiary/aromatic N) is 12. The molecule has 0 aliphatic carbocycles. The maximum absolute atomic E-state index is 10.9. The van der Waals surface area contributed by atoms with Gasteiger partial charge in [-0.15, -0.1) is 0 Å². The van der Waals surface area contributed by atoms with E-state index in [1.807, 2.05) is 78.9 Å². The summed E-state index contributed by atoms with van der Waals surface area (Å²) in [7, 11) is 29.7. The van der Waals surface area contributed by atoms with E-state index in [1.165, 1.54) is 70.3 Å². The topological polar surface area (TPSA) is 236 Å². The fraction of sp³-hybridized carbons (Fsp3) is 0.389. The number of halogens is 11. The van der Waals surface area contributed by atoms with Gasteiger partial charge in [0.05, 0.1) is 5.56 Å². The van der Waals surface area contributed by atoms with Crippen LogP contribution in [0.4, 0.5) is 0 Å². The Kier molecular flexibility index (Phi) is 50.1. The second kappa shape index (κ2) is 56.4. The van der Waals surface area contributed by atoms with Crippen LogP contribution in [0.1, 0.15) is 276 Å². The lowest BCUT2D eigenvalue weighted by Crippen LogP contribution is -2.11. The molecule has 0 bridgehead atoms. The summed E-state index contributed by atoms with van der Waals surface area (Å²) >= 11 is 24.9. The standard InChI is InChI=1S/C35H43N3O2.2C23H26ClN3.C12H18O2.C10H14.C3Cl3N3.2CH4.2Al.6ClH/c1-8-9-10-11-12-25-21-28(30(40)22-29(25)39)33-37-31(23-13-17-26(18-14-23)34(2,3)4)36-32(38-33)24-15-19-27(20-16-24)35(5,6)7;2*1-22(2,3)17-11-7-15(8-12-17)19-25-20(27-21(24)26-19)16-9-13-18(14-10-16)23(4,5)6;1-2-3-4-5-6-10-7-8-11(13)9-12(10)14;1-10(2,3)9-7-5-4-6-8-9;4-1-7-2(5)9-3(6)8-1;;;;;;;;;;/h13-22,39-40H,8-12H2,1-7H3;2*7-14H,1-6H3;7-9,13-14H,2-6H2,1H3;4-8H,1-3H3;;2*1H4;;;6*1H/q;;;;;;;;2*+3;;;;;;/p-6. The fourth-order valence-electron chi connectivity index (χ4n) is 13.2. The number of phenols is 4. The highest BCUT2D eigenvalue weighted by Crippen LogP contribution is 2.39. The zero-order chi connectivity index (χ0) is 101. The van der Waals surface area contributed by atoms with Crippen LogP contribution in [-0.4, -0.2) is 103 Å². The highest BCUT2D eigenvalue weighted by molar-refractivity contribution is 7.54. The maximum atomic E-state index is 10.9. The van der Waals surface area contributed by atoms with Gasteiger partial charge in [-0.25, -0.2) is 85.2 Å². The Labute approximate surface area is 874 Å². The van der Waals surface area contributed by atoms with Gasteiger partial charge < -0.3 is 20.4 Å². The van der Waals surface area contributed by atoms with Crippen LogP contribution in [-0.2, 0) is 50.7 Å². The molecular formula is C108H135Al2Cl11N12O4. The molecule has 0 saturated carbocycles. The number of hydrogen-bond donors (Lipinski definition) is 4. The van der Waals surface area contributed by atoms with E-state index in [-0.39, 0.29) is 96.8 Å². The van der Waals surface area contributed by atoms with E-state index >= 15 is 0 Å². The lowest BCUT2D eigenvalue weighted by molar-refractivity contribution is 0.444. The van der Waals surface area contributed by atoms with Crippen molar-refractivity contribution in [1.82, 2.24) is 59.8 Å². The molecule has 4 N–H and O–H groups in total. The highest BCUT2D eigenvalue weighted by Gasteiger charge is 2.24. The van der Waals surface area contributed by atoms with Gasteiger partial charge in [-0.1, -0.05) is 395 Å². The maximum Gasteiger partial charge on any atom is 0.643 e. The molecule has 9 aromatic carbocycles. The van der Waals surface area contributed by atoms with Gasteiger partial charge in [-0.05, 0) is 184 Å². The largest absolute Gasteiger partial charge is 0.643 e. The number of phenolic OH excluding ortho intramolecular Hbond substituents is 4. The molecule has 0 atom stereocenters. The first-order valence-electron chi connectivity index (χ1n) is 44.9. The predicted octanol–water partition coefficient (Wildman–Crippen LogP) is 34.6. The van der Waals surface area contributed by atoms with Gasteiger partial charge in [0.15, 0.2) is 40.8 Å². The average molecular weight is 2110 g/mol. The van der Waals surface area contributed by atoms with E-state index in [2.05, 4.69) is 307 Å². The van der Waals surface area contributed by atoms with E-state index in [4.69, 9.17) is 138 Å². The van der Waals surface area contributed by atoms with E-state index in [0.29, 0.717) is 51.7 Å². The molecule has 0 radical (unpaired) electrons. The van der Waals surface area contributed by atoms with Crippen molar-refractivity contribution in [2.75, 3.05) is 0 Å². The Morgan fingerprint density at radius 1 is 0.234 bits per heavy atom. The first kappa shape index (κ1) is 122. The lowest BCUT2D eigenvalue weighted by atomic mass is 9.86. The minimum Gasteiger partial charge on any atom is -0.508 e. The van der Waals surface area contributed by atoms with Gasteiger partial charge in [-0.3, -0.25) is 0 Å².